The standard InChI is InChI=1S/C17H25N5O2/c1-20(9-14-10-21(2)17(23)11-24-14)13-7-22(8-13)16-6-12-4-3-5-15(12)18-19-16/h6,13-14H,3-5,7-11H2,1-2H3. The van der Waals surface area contributed by atoms with E-state index in [1.165, 1.54) is 17.7 Å². The summed E-state index contributed by atoms with van der Waals surface area (Å²) in [6, 6.07) is 2.72. The van der Waals surface area contributed by atoms with Gasteiger partial charge in [-0.25, -0.2) is 0 Å². The predicted molar refractivity (Wildman–Crippen MR) is 90.1 cm³/mol. The van der Waals surface area contributed by atoms with E-state index >= 15 is 0 Å². The normalized spacial score (nSPS) is 24.5. The first-order chi connectivity index (χ1) is 11.6. The zero-order valence-corrected chi connectivity index (χ0v) is 14.4. The number of aromatic nitrogens is 2. The second-order valence-corrected chi connectivity index (χ2v) is 7.23. The summed E-state index contributed by atoms with van der Waals surface area (Å²) >= 11 is 0. The topological polar surface area (TPSA) is 61.8 Å². The summed E-state index contributed by atoms with van der Waals surface area (Å²) in [4.78, 5) is 17.9. The first kappa shape index (κ1) is 15.8. The van der Waals surface area contributed by atoms with Crippen LogP contribution in [0.2, 0.25) is 0 Å². The SMILES string of the molecule is CN1CC(CN(C)C2CN(c3cc4c(nn3)CCC4)C2)OCC1=O. The van der Waals surface area contributed by atoms with Crippen LogP contribution >= 0.6 is 0 Å². The Morgan fingerprint density at radius 3 is 2.92 bits per heavy atom. The lowest BCUT2D eigenvalue weighted by molar-refractivity contribution is -0.147. The molecule has 1 aromatic heterocycles. The van der Waals surface area contributed by atoms with E-state index in [0.717, 1.165) is 38.3 Å². The van der Waals surface area contributed by atoms with E-state index < -0.39 is 0 Å². The molecule has 3 heterocycles. The molecule has 0 spiro atoms. The number of aryl methyl sites for hydroxylation is 2. The minimum absolute atomic E-state index is 0.0684. The highest BCUT2D eigenvalue weighted by atomic mass is 16.5. The molecule has 2 fully saturated rings. The van der Waals surface area contributed by atoms with Crippen molar-refractivity contribution in [2.75, 3.05) is 51.8 Å². The van der Waals surface area contributed by atoms with Crippen LogP contribution in [0.5, 0.6) is 0 Å². The van der Waals surface area contributed by atoms with Crippen LogP contribution in [0.1, 0.15) is 17.7 Å². The number of nitrogens with zero attached hydrogens (tertiary/aromatic N) is 5. The summed E-state index contributed by atoms with van der Waals surface area (Å²) in [5.74, 6) is 1.08. The Balaban J connectivity index is 1.28. The molecule has 2 aliphatic heterocycles. The van der Waals surface area contributed by atoms with Crippen molar-refractivity contribution >= 4 is 11.7 Å². The maximum atomic E-state index is 11.5. The van der Waals surface area contributed by atoms with Crippen molar-refractivity contribution in [3.05, 3.63) is 17.3 Å². The summed E-state index contributed by atoms with van der Waals surface area (Å²) in [6.07, 6.45) is 3.52. The fourth-order valence-corrected chi connectivity index (χ4v) is 3.73. The fourth-order valence-electron chi connectivity index (χ4n) is 3.73. The minimum atomic E-state index is 0.0684. The first-order valence-corrected chi connectivity index (χ1v) is 8.76. The molecule has 0 N–H and O–H groups in total. The Labute approximate surface area is 142 Å². The van der Waals surface area contributed by atoms with Gasteiger partial charge in [-0.1, -0.05) is 0 Å². The molecule has 0 aromatic carbocycles. The van der Waals surface area contributed by atoms with Crippen molar-refractivity contribution in [3.8, 4) is 0 Å². The highest BCUT2D eigenvalue weighted by Gasteiger charge is 2.34. The number of morpholine rings is 1. The van der Waals surface area contributed by atoms with E-state index in [1.807, 2.05) is 7.05 Å². The van der Waals surface area contributed by atoms with Crippen molar-refractivity contribution in [1.82, 2.24) is 20.0 Å². The van der Waals surface area contributed by atoms with Crippen LogP contribution < -0.4 is 4.90 Å². The molecule has 0 radical (unpaired) electrons. The van der Waals surface area contributed by atoms with Gasteiger partial charge >= 0.3 is 0 Å². The molecule has 1 unspecified atom stereocenters. The lowest BCUT2D eigenvalue weighted by Crippen LogP contribution is -2.61. The molecule has 24 heavy (non-hydrogen) atoms. The number of likely N-dealkylation sites (N-methyl/N-ethyl adjacent to an activating group) is 2. The summed E-state index contributed by atoms with van der Waals surface area (Å²) in [5.41, 5.74) is 2.56. The van der Waals surface area contributed by atoms with E-state index in [0.29, 0.717) is 12.6 Å². The maximum absolute atomic E-state index is 11.5. The van der Waals surface area contributed by atoms with Crippen LogP contribution in [-0.4, -0.2) is 84.9 Å². The molecule has 7 nitrogen and oxygen atoms in total. The quantitative estimate of drug-likeness (QED) is 0.770. The third-order valence-corrected chi connectivity index (χ3v) is 5.45. The van der Waals surface area contributed by atoms with Gasteiger partial charge in [0.25, 0.3) is 0 Å². The number of fused-ring (bicyclic) bond motifs is 1. The second-order valence-electron chi connectivity index (χ2n) is 7.23. The van der Waals surface area contributed by atoms with Gasteiger partial charge in [0.1, 0.15) is 6.61 Å². The lowest BCUT2D eigenvalue weighted by atomic mass is 10.1. The number of anilines is 1. The van der Waals surface area contributed by atoms with Crippen molar-refractivity contribution in [2.45, 2.75) is 31.4 Å². The summed E-state index contributed by atoms with van der Waals surface area (Å²) in [5, 5.41) is 8.77. The van der Waals surface area contributed by atoms with Gasteiger partial charge in [0.2, 0.25) is 5.91 Å². The molecule has 1 atom stereocenters. The smallest absolute Gasteiger partial charge is 0.248 e. The Morgan fingerprint density at radius 1 is 1.29 bits per heavy atom. The molecule has 1 amide bonds. The van der Waals surface area contributed by atoms with E-state index in [9.17, 15) is 4.79 Å². The van der Waals surface area contributed by atoms with Crippen LogP contribution in [0.3, 0.4) is 0 Å². The van der Waals surface area contributed by atoms with E-state index in [4.69, 9.17) is 4.74 Å². The largest absolute Gasteiger partial charge is 0.365 e. The van der Waals surface area contributed by atoms with Crippen LogP contribution in [-0.2, 0) is 22.4 Å². The molecule has 0 bridgehead atoms. The summed E-state index contributed by atoms with van der Waals surface area (Å²) in [6.45, 7) is 3.69. The molecule has 2 saturated heterocycles. The van der Waals surface area contributed by atoms with Crippen molar-refractivity contribution in [2.24, 2.45) is 0 Å². The van der Waals surface area contributed by atoms with Gasteiger partial charge in [-0.2, -0.15) is 5.10 Å². The Kier molecular flexibility index (Phi) is 4.14. The van der Waals surface area contributed by atoms with Crippen LogP contribution in [0.15, 0.2) is 6.07 Å². The van der Waals surface area contributed by atoms with Gasteiger partial charge in [0, 0.05) is 39.3 Å². The maximum Gasteiger partial charge on any atom is 0.248 e. The first-order valence-electron chi connectivity index (χ1n) is 8.76. The molecule has 1 aliphatic carbocycles. The highest BCUT2D eigenvalue weighted by molar-refractivity contribution is 5.77. The zero-order valence-electron chi connectivity index (χ0n) is 14.4. The van der Waals surface area contributed by atoms with E-state index in [1.54, 1.807) is 4.90 Å². The third kappa shape index (κ3) is 2.98. The third-order valence-electron chi connectivity index (χ3n) is 5.45. The van der Waals surface area contributed by atoms with Crippen LogP contribution in [0.4, 0.5) is 5.82 Å². The zero-order chi connectivity index (χ0) is 16.7. The number of hydrogen-bond acceptors (Lipinski definition) is 6. The van der Waals surface area contributed by atoms with Gasteiger partial charge in [-0.15, -0.1) is 5.10 Å². The number of amides is 1. The fraction of sp³-hybridized carbons (Fsp3) is 0.706. The number of hydrogen-bond donors (Lipinski definition) is 0. The van der Waals surface area contributed by atoms with Crippen molar-refractivity contribution in [3.63, 3.8) is 0 Å². The number of ether oxygens (including phenoxy) is 1. The average molecular weight is 331 g/mol. The molecular weight excluding hydrogens is 306 g/mol. The number of rotatable bonds is 4. The molecule has 4 rings (SSSR count). The molecule has 130 valence electrons. The minimum Gasteiger partial charge on any atom is -0.365 e. The van der Waals surface area contributed by atoms with Crippen LogP contribution in [0, 0.1) is 0 Å². The lowest BCUT2D eigenvalue weighted by Gasteiger charge is -2.45. The predicted octanol–water partition coefficient (Wildman–Crippen LogP) is -0.0571. The Morgan fingerprint density at radius 2 is 2.12 bits per heavy atom. The van der Waals surface area contributed by atoms with Crippen LogP contribution in [0.25, 0.3) is 0 Å². The van der Waals surface area contributed by atoms with E-state index in [2.05, 4.69) is 33.1 Å². The molecule has 0 saturated carbocycles. The molecular formula is C17H25N5O2. The van der Waals surface area contributed by atoms with Gasteiger partial charge in [-0.05, 0) is 37.9 Å². The highest BCUT2D eigenvalue weighted by Crippen LogP contribution is 2.26. The van der Waals surface area contributed by atoms with Crippen molar-refractivity contribution < 1.29 is 9.53 Å². The number of carbonyl (C=O) groups is 1. The monoisotopic (exact) mass is 331 g/mol. The molecule has 1 aromatic rings. The second kappa shape index (κ2) is 6.29. The van der Waals surface area contributed by atoms with Gasteiger partial charge < -0.3 is 14.5 Å². The van der Waals surface area contributed by atoms with Gasteiger partial charge in [0.15, 0.2) is 5.82 Å². The summed E-state index contributed by atoms with van der Waals surface area (Å²) in [7, 11) is 3.98. The Bertz CT molecular complexity index is 631. The van der Waals surface area contributed by atoms with Crippen molar-refractivity contribution in [1.29, 1.82) is 0 Å². The average Bonchev–Trinajstić information content (AvgIpc) is 2.97. The Hall–Kier alpha value is -1.73. The van der Waals surface area contributed by atoms with Gasteiger partial charge in [0.05, 0.1) is 11.8 Å². The summed E-state index contributed by atoms with van der Waals surface area (Å²) < 4.78 is 5.64. The van der Waals surface area contributed by atoms with Gasteiger partial charge in [-0.3, -0.25) is 9.69 Å². The van der Waals surface area contributed by atoms with E-state index in [-0.39, 0.29) is 18.6 Å². The number of carbonyl (C=O) groups excluding carboxylic acids is 1. The molecule has 7 heteroatoms. The molecule has 3 aliphatic rings.